The van der Waals surface area contributed by atoms with Crippen LogP contribution in [0.5, 0.6) is 0 Å². The van der Waals surface area contributed by atoms with E-state index in [1.807, 2.05) is 6.08 Å². The predicted octanol–water partition coefficient (Wildman–Crippen LogP) is 5.00. The Morgan fingerprint density at radius 3 is 2.45 bits per heavy atom. The molecule has 1 saturated carbocycles. The van der Waals surface area contributed by atoms with E-state index in [2.05, 4.69) is 36.9 Å². The van der Waals surface area contributed by atoms with Crippen LogP contribution in [0.2, 0.25) is 0 Å². The van der Waals surface area contributed by atoms with Gasteiger partial charge in [0.1, 0.15) is 0 Å². The minimum Gasteiger partial charge on any atom is -0.392 e. The second kappa shape index (κ2) is 7.64. The molecule has 1 aliphatic rings. The molecule has 2 rings (SSSR count). The Hall–Kier alpha value is -1.08. The van der Waals surface area contributed by atoms with Crippen molar-refractivity contribution in [3.63, 3.8) is 0 Å². The third-order valence-corrected chi connectivity index (χ3v) is 4.87. The van der Waals surface area contributed by atoms with E-state index in [1.165, 1.54) is 31.2 Å². The van der Waals surface area contributed by atoms with Gasteiger partial charge in [0.15, 0.2) is 0 Å². The fraction of sp³-hybridized carbons (Fsp3) is 0.579. The normalized spacial score (nSPS) is 18.9. The molecule has 0 spiro atoms. The molecule has 1 fully saturated rings. The van der Waals surface area contributed by atoms with Gasteiger partial charge in [-0.15, -0.1) is 6.58 Å². The highest BCUT2D eigenvalue weighted by molar-refractivity contribution is 5.28. The smallest absolute Gasteiger partial charge is 0.0636 e. The third-order valence-electron chi connectivity index (χ3n) is 4.87. The van der Waals surface area contributed by atoms with Gasteiger partial charge in [0.25, 0.3) is 0 Å². The van der Waals surface area contributed by atoms with Crippen LogP contribution in [-0.4, -0.2) is 11.2 Å². The molecule has 1 aromatic rings. The number of benzene rings is 1. The largest absolute Gasteiger partial charge is 0.392 e. The predicted molar refractivity (Wildman–Crippen MR) is 85.9 cm³/mol. The Morgan fingerprint density at radius 1 is 1.10 bits per heavy atom. The van der Waals surface area contributed by atoms with Crippen molar-refractivity contribution in [2.24, 2.45) is 0 Å². The summed E-state index contributed by atoms with van der Waals surface area (Å²) >= 11 is 0. The van der Waals surface area contributed by atoms with Gasteiger partial charge in [-0.05, 0) is 37.7 Å². The van der Waals surface area contributed by atoms with Crippen molar-refractivity contribution < 1.29 is 5.11 Å². The van der Waals surface area contributed by atoms with Crippen molar-refractivity contribution in [1.82, 2.24) is 0 Å². The molecule has 0 heterocycles. The summed E-state index contributed by atoms with van der Waals surface area (Å²) in [6.45, 7) is 3.76. The Bertz CT molecular complexity index is 389. The molecule has 1 N–H and O–H groups in total. The Kier molecular flexibility index (Phi) is 5.85. The number of allylic oxidation sites excluding steroid dienone is 1. The SMILES string of the molecule is C=CCCCCCC(O)C1(c2ccccc2)CCCC1. The molecule has 1 nitrogen and oxygen atoms in total. The summed E-state index contributed by atoms with van der Waals surface area (Å²) in [5.41, 5.74) is 1.37. The van der Waals surface area contributed by atoms with Crippen LogP contribution in [-0.2, 0) is 5.41 Å². The van der Waals surface area contributed by atoms with Gasteiger partial charge < -0.3 is 5.11 Å². The zero-order chi connectivity index (χ0) is 14.3. The van der Waals surface area contributed by atoms with Gasteiger partial charge in [0.2, 0.25) is 0 Å². The lowest BCUT2D eigenvalue weighted by Crippen LogP contribution is -2.37. The molecule has 1 atom stereocenters. The zero-order valence-electron chi connectivity index (χ0n) is 12.6. The van der Waals surface area contributed by atoms with Gasteiger partial charge >= 0.3 is 0 Å². The summed E-state index contributed by atoms with van der Waals surface area (Å²) < 4.78 is 0. The van der Waals surface area contributed by atoms with Crippen molar-refractivity contribution in [2.75, 3.05) is 0 Å². The first kappa shape index (κ1) is 15.3. The summed E-state index contributed by atoms with van der Waals surface area (Å²) in [5, 5.41) is 10.8. The van der Waals surface area contributed by atoms with E-state index >= 15 is 0 Å². The fourth-order valence-electron chi connectivity index (χ4n) is 3.67. The lowest BCUT2D eigenvalue weighted by atomic mass is 9.72. The van der Waals surface area contributed by atoms with Crippen LogP contribution >= 0.6 is 0 Å². The van der Waals surface area contributed by atoms with Gasteiger partial charge in [0, 0.05) is 5.41 Å². The quantitative estimate of drug-likeness (QED) is 0.522. The van der Waals surface area contributed by atoms with Gasteiger partial charge in [-0.3, -0.25) is 0 Å². The summed E-state index contributed by atoms with van der Waals surface area (Å²) in [6, 6.07) is 10.7. The van der Waals surface area contributed by atoms with Crippen molar-refractivity contribution >= 4 is 0 Å². The van der Waals surface area contributed by atoms with E-state index in [4.69, 9.17) is 0 Å². The molecular weight excluding hydrogens is 244 g/mol. The summed E-state index contributed by atoms with van der Waals surface area (Å²) in [6.07, 6.45) is 12.2. The highest BCUT2D eigenvalue weighted by Gasteiger charge is 2.41. The van der Waals surface area contributed by atoms with Crippen molar-refractivity contribution in [3.8, 4) is 0 Å². The van der Waals surface area contributed by atoms with Crippen molar-refractivity contribution in [2.45, 2.75) is 69.3 Å². The van der Waals surface area contributed by atoms with Crippen LogP contribution in [0.25, 0.3) is 0 Å². The number of aliphatic hydroxyl groups is 1. The zero-order valence-corrected chi connectivity index (χ0v) is 12.6. The van der Waals surface area contributed by atoms with Crippen LogP contribution in [0.1, 0.15) is 63.4 Å². The molecule has 0 bridgehead atoms. The van der Waals surface area contributed by atoms with Gasteiger partial charge in [-0.2, -0.15) is 0 Å². The highest BCUT2D eigenvalue weighted by Crippen LogP contribution is 2.45. The average Bonchev–Trinajstić information content (AvgIpc) is 2.99. The van der Waals surface area contributed by atoms with Crippen molar-refractivity contribution in [1.29, 1.82) is 0 Å². The minimum absolute atomic E-state index is 0.0275. The topological polar surface area (TPSA) is 20.2 Å². The molecule has 0 amide bonds. The van der Waals surface area contributed by atoms with Crippen LogP contribution in [0, 0.1) is 0 Å². The molecule has 1 aliphatic carbocycles. The van der Waals surface area contributed by atoms with Crippen LogP contribution in [0.3, 0.4) is 0 Å². The number of aliphatic hydroxyl groups excluding tert-OH is 1. The molecule has 20 heavy (non-hydrogen) atoms. The Labute approximate surface area is 123 Å². The second-order valence-electron chi connectivity index (χ2n) is 6.17. The third kappa shape index (κ3) is 3.52. The maximum atomic E-state index is 10.8. The van der Waals surface area contributed by atoms with Gasteiger partial charge in [0.05, 0.1) is 6.10 Å². The number of hydrogen-bond acceptors (Lipinski definition) is 1. The molecule has 0 saturated heterocycles. The Balaban J connectivity index is 1.96. The van der Waals surface area contributed by atoms with Gasteiger partial charge in [-0.1, -0.05) is 62.1 Å². The number of rotatable bonds is 8. The lowest BCUT2D eigenvalue weighted by molar-refractivity contribution is 0.0719. The van der Waals surface area contributed by atoms with E-state index in [0.717, 1.165) is 32.1 Å². The molecule has 110 valence electrons. The van der Waals surface area contributed by atoms with E-state index in [1.54, 1.807) is 0 Å². The van der Waals surface area contributed by atoms with Crippen LogP contribution < -0.4 is 0 Å². The number of hydrogen-bond donors (Lipinski definition) is 1. The van der Waals surface area contributed by atoms with Crippen LogP contribution in [0.4, 0.5) is 0 Å². The molecule has 1 aromatic carbocycles. The molecule has 0 radical (unpaired) electrons. The average molecular weight is 272 g/mol. The molecular formula is C19H28O. The first-order valence-corrected chi connectivity index (χ1v) is 8.14. The molecule has 1 unspecified atom stereocenters. The molecule has 0 aromatic heterocycles. The minimum atomic E-state index is -0.184. The maximum Gasteiger partial charge on any atom is 0.0636 e. The van der Waals surface area contributed by atoms with E-state index < -0.39 is 0 Å². The Morgan fingerprint density at radius 2 is 1.80 bits per heavy atom. The maximum absolute atomic E-state index is 10.8. The van der Waals surface area contributed by atoms with Crippen LogP contribution in [0.15, 0.2) is 43.0 Å². The lowest BCUT2D eigenvalue weighted by Gasteiger charge is -2.35. The summed E-state index contributed by atoms with van der Waals surface area (Å²) in [4.78, 5) is 0. The van der Waals surface area contributed by atoms with E-state index in [-0.39, 0.29) is 11.5 Å². The first-order valence-electron chi connectivity index (χ1n) is 8.14. The number of unbranched alkanes of at least 4 members (excludes halogenated alkanes) is 3. The summed E-state index contributed by atoms with van der Waals surface area (Å²) in [5.74, 6) is 0. The van der Waals surface area contributed by atoms with E-state index in [9.17, 15) is 5.11 Å². The first-order chi connectivity index (χ1) is 9.79. The fourth-order valence-corrected chi connectivity index (χ4v) is 3.67. The van der Waals surface area contributed by atoms with Crippen molar-refractivity contribution in [3.05, 3.63) is 48.6 Å². The second-order valence-corrected chi connectivity index (χ2v) is 6.17. The monoisotopic (exact) mass is 272 g/mol. The highest BCUT2D eigenvalue weighted by atomic mass is 16.3. The van der Waals surface area contributed by atoms with E-state index in [0.29, 0.717) is 0 Å². The molecule has 0 aliphatic heterocycles. The molecule has 1 heteroatoms. The van der Waals surface area contributed by atoms with Gasteiger partial charge in [-0.25, -0.2) is 0 Å². The summed E-state index contributed by atoms with van der Waals surface area (Å²) in [7, 11) is 0. The standard InChI is InChI=1S/C19H28O/c1-2-3-4-5-9-14-18(20)19(15-10-11-16-19)17-12-7-6-8-13-17/h2,6-8,12-13,18,20H,1,3-5,9-11,14-16H2.